The predicted octanol–water partition coefficient (Wildman–Crippen LogP) is 5.02. The molecule has 34 heavy (non-hydrogen) atoms. The standard InChI is InChI=1S/C27H32Cl2N2O3/c1-26(2,3)14-23-27(16-30,18-7-9-19(28)10-8-18)24(17-5-4-6-20(29)13-17)25(31-23)22(34)12-11-21(33)15-32/h4-10,13,21,23-25,31-33H,11-12,14-15H2,1-3H3/t21-,23-,24-,25-,27-/m0/s1. The molecule has 3 rings (SSSR count). The van der Waals surface area contributed by atoms with Crippen LogP contribution >= 0.6 is 23.2 Å². The number of benzene rings is 2. The number of nitrogens with zero attached hydrogens (tertiary/aromatic N) is 1. The van der Waals surface area contributed by atoms with Gasteiger partial charge in [0.15, 0.2) is 5.78 Å². The first-order chi connectivity index (χ1) is 16.0. The fourth-order valence-electron chi connectivity index (χ4n) is 5.06. The third-order valence-corrected chi connectivity index (χ3v) is 7.05. The van der Waals surface area contributed by atoms with Gasteiger partial charge in [0.2, 0.25) is 0 Å². The van der Waals surface area contributed by atoms with E-state index >= 15 is 0 Å². The largest absolute Gasteiger partial charge is 0.394 e. The second kappa shape index (κ2) is 10.8. The maximum atomic E-state index is 13.5. The van der Waals surface area contributed by atoms with Crippen LogP contribution in [0.5, 0.6) is 0 Å². The lowest BCUT2D eigenvalue weighted by Crippen LogP contribution is -2.44. The molecule has 1 heterocycles. The molecule has 0 aliphatic carbocycles. The van der Waals surface area contributed by atoms with E-state index in [9.17, 15) is 20.3 Å². The van der Waals surface area contributed by atoms with Crippen LogP contribution in [0.1, 0.15) is 57.1 Å². The van der Waals surface area contributed by atoms with Crippen molar-refractivity contribution in [1.82, 2.24) is 5.32 Å². The number of hydrogen-bond donors (Lipinski definition) is 3. The third-order valence-electron chi connectivity index (χ3n) is 6.57. The zero-order chi connectivity index (χ0) is 25.1. The van der Waals surface area contributed by atoms with E-state index in [1.54, 1.807) is 18.2 Å². The van der Waals surface area contributed by atoms with Crippen molar-refractivity contribution in [3.63, 3.8) is 0 Å². The average Bonchev–Trinajstić information content (AvgIpc) is 3.11. The first-order valence-corrected chi connectivity index (χ1v) is 12.3. The minimum absolute atomic E-state index is 0.0842. The summed E-state index contributed by atoms with van der Waals surface area (Å²) in [7, 11) is 0. The highest BCUT2D eigenvalue weighted by molar-refractivity contribution is 6.30. The van der Waals surface area contributed by atoms with Crippen LogP contribution < -0.4 is 5.32 Å². The lowest BCUT2D eigenvalue weighted by molar-refractivity contribution is -0.121. The Labute approximate surface area is 211 Å². The first kappa shape index (κ1) is 26.7. The SMILES string of the molecule is CC(C)(C)C[C@@H]1N[C@@H](C(=O)CC[C@H](O)CO)[C@H](c2cccc(Cl)c2)[C@@]1(C#N)c1ccc(Cl)cc1. The first-order valence-electron chi connectivity index (χ1n) is 11.5. The number of hydrogen-bond acceptors (Lipinski definition) is 5. The Morgan fingerprint density at radius 1 is 1.18 bits per heavy atom. The van der Waals surface area contributed by atoms with Crippen molar-refractivity contribution in [2.45, 2.75) is 69.6 Å². The number of Topliss-reactive ketones (excluding diaryl/α,β-unsaturated/α-hetero) is 1. The number of halogens is 2. The van der Waals surface area contributed by atoms with E-state index in [4.69, 9.17) is 23.2 Å². The van der Waals surface area contributed by atoms with E-state index in [1.807, 2.05) is 30.3 Å². The summed E-state index contributed by atoms with van der Waals surface area (Å²) in [4.78, 5) is 13.5. The van der Waals surface area contributed by atoms with Gasteiger partial charge in [0.25, 0.3) is 0 Å². The minimum atomic E-state index is -1.06. The van der Waals surface area contributed by atoms with Crippen molar-refractivity contribution in [2.24, 2.45) is 5.41 Å². The van der Waals surface area contributed by atoms with E-state index in [0.717, 1.165) is 11.1 Å². The average molecular weight is 503 g/mol. The van der Waals surface area contributed by atoms with Gasteiger partial charge in [-0.05, 0) is 53.6 Å². The summed E-state index contributed by atoms with van der Waals surface area (Å²) in [6.45, 7) is 5.93. The van der Waals surface area contributed by atoms with Crippen molar-refractivity contribution in [2.75, 3.05) is 6.61 Å². The molecule has 5 atom stereocenters. The Hall–Kier alpha value is -1.94. The summed E-state index contributed by atoms with van der Waals surface area (Å²) >= 11 is 12.5. The summed E-state index contributed by atoms with van der Waals surface area (Å²) < 4.78 is 0. The molecule has 3 N–H and O–H groups in total. The quantitative estimate of drug-likeness (QED) is 0.471. The Morgan fingerprint density at radius 3 is 2.41 bits per heavy atom. The van der Waals surface area contributed by atoms with Crippen LogP contribution in [-0.4, -0.2) is 40.8 Å². The topological polar surface area (TPSA) is 93.3 Å². The van der Waals surface area contributed by atoms with E-state index in [1.165, 1.54) is 0 Å². The van der Waals surface area contributed by atoms with Crippen LogP contribution in [0.4, 0.5) is 0 Å². The fourth-order valence-corrected chi connectivity index (χ4v) is 5.39. The molecule has 1 fully saturated rings. The summed E-state index contributed by atoms with van der Waals surface area (Å²) in [5, 5.41) is 34.5. The normalized spacial score (nSPS) is 25.6. The molecule has 0 amide bonds. The maximum absolute atomic E-state index is 13.5. The molecule has 0 aromatic heterocycles. The van der Waals surface area contributed by atoms with Gasteiger partial charge in [0.05, 0.1) is 24.8 Å². The summed E-state index contributed by atoms with van der Waals surface area (Å²) in [5.41, 5.74) is 0.417. The molecule has 0 radical (unpaired) electrons. The molecule has 182 valence electrons. The molecule has 2 aromatic carbocycles. The molecular weight excluding hydrogens is 471 g/mol. The molecule has 1 aliphatic rings. The molecule has 0 unspecified atom stereocenters. The molecule has 2 aromatic rings. The monoisotopic (exact) mass is 502 g/mol. The van der Waals surface area contributed by atoms with Crippen molar-refractivity contribution in [1.29, 1.82) is 5.26 Å². The molecule has 0 bridgehead atoms. The van der Waals surface area contributed by atoms with Crippen LogP contribution in [0.25, 0.3) is 0 Å². The number of carbonyl (C=O) groups excluding carboxylic acids is 1. The lowest BCUT2D eigenvalue weighted by atomic mass is 9.62. The fraction of sp³-hybridized carbons (Fsp3) is 0.481. The second-order valence-electron chi connectivity index (χ2n) is 10.3. The Balaban J connectivity index is 2.19. The number of nitrogens with one attached hydrogen (secondary N) is 1. The van der Waals surface area contributed by atoms with Gasteiger partial charge in [-0.25, -0.2) is 0 Å². The molecule has 0 saturated carbocycles. The molecule has 7 heteroatoms. The number of nitriles is 1. The molecular formula is C27H32Cl2N2O3. The zero-order valence-electron chi connectivity index (χ0n) is 19.8. The van der Waals surface area contributed by atoms with Crippen molar-refractivity contribution >= 4 is 29.0 Å². The van der Waals surface area contributed by atoms with Crippen LogP contribution in [0.2, 0.25) is 10.0 Å². The smallest absolute Gasteiger partial charge is 0.150 e. The number of aliphatic hydroxyl groups is 2. The van der Waals surface area contributed by atoms with Gasteiger partial charge in [0.1, 0.15) is 5.41 Å². The van der Waals surface area contributed by atoms with Gasteiger partial charge < -0.3 is 15.5 Å². The van der Waals surface area contributed by atoms with Crippen LogP contribution in [-0.2, 0) is 10.2 Å². The highest BCUT2D eigenvalue weighted by Crippen LogP contribution is 2.51. The Morgan fingerprint density at radius 2 is 1.85 bits per heavy atom. The second-order valence-corrected chi connectivity index (χ2v) is 11.2. The van der Waals surface area contributed by atoms with Gasteiger partial charge in [0, 0.05) is 28.4 Å². The lowest BCUT2D eigenvalue weighted by Gasteiger charge is -2.37. The minimum Gasteiger partial charge on any atom is -0.394 e. The van der Waals surface area contributed by atoms with Gasteiger partial charge in [-0.3, -0.25) is 4.79 Å². The van der Waals surface area contributed by atoms with Crippen molar-refractivity contribution in [3.05, 3.63) is 69.7 Å². The molecule has 5 nitrogen and oxygen atoms in total. The van der Waals surface area contributed by atoms with Gasteiger partial charge in [-0.2, -0.15) is 5.26 Å². The molecule has 0 spiro atoms. The number of ketones is 1. The summed E-state index contributed by atoms with van der Waals surface area (Å²) in [6.07, 6.45) is -0.0676. The van der Waals surface area contributed by atoms with E-state index in [0.29, 0.717) is 16.5 Å². The van der Waals surface area contributed by atoms with Crippen molar-refractivity contribution < 1.29 is 15.0 Å². The van der Waals surface area contributed by atoms with E-state index in [-0.39, 0.29) is 30.1 Å². The van der Waals surface area contributed by atoms with E-state index < -0.39 is 30.1 Å². The highest BCUT2D eigenvalue weighted by atomic mass is 35.5. The predicted molar refractivity (Wildman–Crippen MR) is 135 cm³/mol. The van der Waals surface area contributed by atoms with Gasteiger partial charge in [-0.1, -0.05) is 68.2 Å². The molecule has 1 saturated heterocycles. The van der Waals surface area contributed by atoms with Gasteiger partial charge >= 0.3 is 0 Å². The van der Waals surface area contributed by atoms with Gasteiger partial charge in [-0.15, -0.1) is 0 Å². The number of aliphatic hydroxyl groups excluding tert-OH is 2. The Kier molecular flexibility index (Phi) is 8.44. The van der Waals surface area contributed by atoms with Crippen LogP contribution in [0.3, 0.4) is 0 Å². The van der Waals surface area contributed by atoms with Crippen molar-refractivity contribution in [3.8, 4) is 6.07 Å². The maximum Gasteiger partial charge on any atom is 0.150 e. The zero-order valence-corrected chi connectivity index (χ0v) is 21.3. The highest BCUT2D eigenvalue weighted by Gasteiger charge is 2.59. The van der Waals surface area contributed by atoms with Crippen LogP contribution in [0, 0.1) is 16.7 Å². The number of rotatable bonds is 8. The number of carbonyl (C=O) groups is 1. The summed E-state index contributed by atoms with van der Waals surface area (Å²) in [6, 6.07) is 16.2. The summed E-state index contributed by atoms with van der Waals surface area (Å²) in [5.74, 6) is -0.619. The van der Waals surface area contributed by atoms with E-state index in [2.05, 4.69) is 32.2 Å². The van der Waals surface area contributed by atoms with Crippen LogP contribution in [0.15, 0.2) is 48.5 Å². The third kappa shape index (κ3) is 5.64. The molecule has 1 aliphatic heterocycles. The Bertz CT molecular complexity index is 1050.